The molecule has 0 bridgehead atoms. The molecule has 0 fully saturated rings. The quantitative estimate of drug-likeness (QED) is 0.109. The first-order valence-corrected chi connectivity index (χ1v) is 26.6. The summed E-state index contributed by atoms with van der Waals surface area (Å²) in [4.78, 5) is 15.2. The van der Waals surface area contributed by atoms with Crippen molar-refractivity contribution in [2.75, 3.05) is 0 Å². The highest BCUT2D eigenvalue weighted by atomic mass is 15.0. The van der Waals surface area contributed by atoms with E-state index in [2.05, 4.69) is 259 Å². The number of aromatic nitrogens is 4. The Hall–Kier alpha value is -9.77. The SMILES string of the molecule is c1ccc(-c2ccc(-c3cc(-c4cccc5c4c4ccccc4n5-c4ccccc4)ncc3-c3ccccc3-c3cc(CCc4ccc(-c5ccccc5)nc4)cc(CCc4ccc(-c5ccccc5)nc4)c3)cc2)cc1. The zero-order valence-corrected chi connectivity index (χ0v) is 42.7. The van der Waals surface area contributed by atoms with Gasteiger partial charge in [0, 0.05) is 57.3 Å². The molecule has 13 rings (SSSR count). The van der Waals surface area contributed by atoms with Gasteiger partial charge in [-0.2, -0.15) is 0 Å². The average molecular weight is 987 g/mol. The van der Waals surface area contributed by atoms with Crippen LogP contribution >= 0.6 is 0 Å². The molecule has 0 aliphatic carbocycles. The van der Waals surface area contributed by atoms with E-state index in [1.807, 2.05) is 24.5 Å². The molecule has 0 saturated heterocycles. The highest BCUT2D eigenvalue weighted by Crippen LogP contribution is 2.43. The standard InChI is InChI=1S/C73H54N4/c1-5-18-55(19-6-1)56-38-40-57(41-39-56)66-47-70(64-29-17-31-72-73(64)65-28-15-16-30-71(65)77(72)61-24-11-4-12-25-61)76-50-67(66)63-27-14-13-26-62(63)60-45-53(34-32-51-36-42-68(74-48-51)58-20-7-2-8-21-58)44-54(46-60)35-33-52-37-43-69(75-49-52)59-22-9-3-10-23-59/h1-31,36-50H,32-35H2. The highest BCUT2D eigenvalue weighted by Gasteiger charge is 2.20. The molecule has 4 heteroatoms. The summed E-state index contributed by atoms with van der Waals surface area (Å²) in [6, 6.07) is 93.7. The Morgan fingerprint density at radius 1 is 0.260 bits per heavy atom. The predicted octanol–water partition coefficient (Wildman–Crippen LogP) is 18.2. The Kier molecular flexibility index (Phi) is 12.9. The van der Waals surface area contributed by atoms with E-state index >= 15 is 0 Å². The highest BCUT2D eigenvalue weighted by molar-refractivity contribution is 6.15. The molecule has 4 heterocycles. The summed E-state index contributed by atoms with van der Waals surface area (Å²) in [5, 5.41) is 2.39. The molecular formula is C73H54N4. The van der Waals surface area contributed by atoms with E-state index in [0.717, 1.165) is 92.9 Å². The molecular weight excluding hydrogens is 933 g/mol. The van der Waals surface area contributed by atoms with Crippen molar-refractivity contribution >= 4 is 21.8 Å². The van der Waals surface area contributed by atoms with Gasteiger partial charge < -0.3 is 4.57 Å². The third-order valence-corrected chi connectivity index (χ3v) is 15.0. The molecule has 4 aromatic heterocycles. The number of fused-ring (bicyclic) bond motifs is 3. The van der Waals surface area contributed by atoms with Crippen molar-refractivity contribution < 1.29 is 0 Å². The first-order chi connectivity index (χ1) is 38.2. The summed E-state index contributed by atoms with van der Waals surface area (Å²) >= 11 is 0. The second-order valence-corrected chi connectivity index (χ2v) is 19.9. The number of benzene rings is 9. The minimum Gasteiger partial charge on any atom is -0.309 e. The molecule has 0 saturated carbocycles. The maximum Gasteiger partial charge on any atom is 0.0715 e. The minimum atomic E-state index is 0.878. The molecule has 77 heavy (non-hydrogen) atoms. The lowest BCUT2D eigenvalue weighted by molar-refractivity contribution is 0.923. The Morgan fingerprint density at radius 2 is 0.740 bits per heavy atom. The normalized spacial score (nSPS) is 11.3. The number of aryl methyl sites for hydroxylation is 4. The van der Waals surface area contributed by atoms with E-state index in [4.69, 9.17) is 15.0 Å². The van der Waals surface area contributed by atoms with Crippen molar-refractivity contribution in [1.29, 1.82) is 0 Å². The van der Waals surface area contributed by atoms with Gasteiger partial charge in [-0.3, -0.25) is 15.0 Å². The molecule has 0 radical (unpaired) electrons. The fourth-order valence-electron chi connectivity index (χ4n) is 11.1. The van der Waals surface area contributed by atoms with E-state index in [9.17, 15) is 0 Å². The van der Waals surface area contributed by atoms with Gasteiger partial charge in [0.05, 0.1) is 28.1 Å². The zero-order valence-electron chi connectivity index (χ0n) is 42.7. The minimum absolute atomic E-state index is 0.878. The van der Waals surface area contributed by atoms with Gasteiger partial charge in [-0.1, -0.05) is 218 Å². The van der Waals surface area contributed by atoms with E-state index < -0.39 is 0 Å². The molecule has 0 atom stereocenters. The summed E-state index contributed by atoms with van der Waals surface area (Å²) in [6.07, 6.45) is 9.72. The van der Waals surface area contributed by atoms with Gasteiger partial charge in [0.1, 0.15) is 0 Å². The number of hydrogen-bond donors (Lipinski definition) is 0. The lowest BCUT2D eigenvalue weighted by atomic mass is 9.87. The summed E-state index contributed by atoms with van der Waals surface area (Å²) in [7, 11) is 0. The van der Waals surface area contributed by atoms with Crippen LogP contribution in [0, 0.1) is 0 Å². The second kappa shape index (κ2) is 21.2. The topological polar surface area (TPSA) is 43.6 Å². The van der Waals surface area contributed by atoms with Crippen LogP contribution in [0.25, 0.3) is 106 Å². The Labute approximate surface area is 450 Å². The van der Waals surface area contributed by atoms with Crippen molar-refractivity contribution in [2.24, 2.45) is 0 Å². The summed E-state index contributed by atoms with van der Waals surface area (Å²) in [6.45, 7) is 0. The first kappa shape index (κ1) is 47.0. The van der Waals surface area contributed by atoms with Crippen LogP contribution in [0.3, 0.4) is 0 Å². The van der Waals surface area contributed by atoms with Crippen LogP contribution in [-0.4, -0.2) is 19.5 Å². The van der Waals surface area contributed by atoms with E-state index in [0.29, 0.717) is 0 Å². The third kappa shape index (κ3) is 9.77. The molecule has 0 aliphatic heterocycles. The van der Waals surface area contributed by atoms with Gasteiger partial charge in [0.25, 0.3) is 0 Å². The first-order valence-electron chi connectivity index (χ1n) is 26.6. The molecule has 0 N–H and O–H groups in total. The van der Waals surface area contributed by atoms with Crippen molar-refractivity contribution in [3.63, 3.8) is 0 Å². The van der Waals surface area contributed by atoms with Gasteiger partial charge in [-0.05, 0) is 129 Å². The molecule has 9 aromatic carbocycles. The van der Waals surface area contributed by atoms with Crippen molar-refractivity contribution in [2.45, 2.75) is 25.7 Å². The van der Waals surface area contributed by atoms with Crippen LogP contribution in [0.5, 0.6) is 0 Å². The molecule has 0 amide bonds. The summed E-state index contributed by atoms with van der Waals surface area (Å²) < 4.78 is 2.38. The number of nitrogens with zero attached hydrogens (tertiary/aromatic N) is 4. The lowest BCUT2D eigenvalue weighted by Gasteiger charge is -2.18. The predicted molar refractivity (Wildman–Crippen MR) is 320 cm³/mol. The maximum absolute atomic E-state index is 5.44. The fraction of sp³-hybridized carbons (Fsp3) is 0.0548. The van der Waals surface area contributed by atoms with Gasteiger partial charge in [-0.15, -0.1) is 0 Å². The average Bonchev–Trinajstić information content (AvgIpc) is 3.99. The molecule has 0 aliphatic rings. The van der Waals surface area contributed by atoms with Crippen LogP contribution in [0.15, 0.2) is 279 Å². The van der Waals surface area contributed by atoms with E-state index in [-0.39, 0.29) is 0 Å². The van der Waals surface area contributed by atoms with E-state index in [1.165, 1.54) is 60.8 Å². The number of rotatable bonds is 14. The number of para-hydroxylation sites is 2. The lowest BCUT2D eigenvalue weighted by Crippen LogP contribution is -1.99. The van der Waals surface area contributed by atoms with Crippen LogP contribution in [0.4, 0.5) is 0 Å². The van der Waals surface area contributed by atoms with Crippen molar-refractivity contribution in [3.8, 4) is 84.0 Å². The second-order valence-electron chi connectivity index (χ2n) is 19.9. The molecule has 0 unspecified atom stereocenters. The Morgan fingerprint density at radius 3 is 1.35 bits per heavy atom. The zero-order chi connectivity index (χ0) is 51.3. The van der Waals surface area contributed by atoms with Crippen LogP contribution in [0.2, 0.25) is 0 Å². The van der Waals surface area contributed by atoms with Gasteiger partial charge >= 0.3 is 0 Å². The van der Waals surface area contributed by atoms with E-state index in [1.54, 1.807) is 0 Å². The fourth-order valence-corrected chi connectivity index (χ4v) is 11.1. The van der Waals surface area contributed by atoms with Gasteiger partial charge in [-0.25, -0.2) is 0 Å². The van der Waals surface area contributed by atoms with Crippen molar-refractivity contribution in [3.05, 3.63) is 302 Å². The summed E-state index contributed by atoms with van der Waals surface area (Å²) in [5.41, 5.74) is 23.9. The maximum atomic E-state index is 5.44. The van der Waals surface area contributed by atoms with Gasteiger partial charge in [0.15, 0.2) is 0 Å². The van der Waals surface area contributed by atoms with Crippen LogP contribution in [-0.2, 0) is 25.7 Å². The third-order valence-electron chi connectivity index (χ3n) is 15.0. The Bertz CT molecular complexity index is 4050. The molecule has 366 valence electrons. The molecule has 4 nitrogen and oxygen atoms in total. The number of hydrogen-bond acceptors (Lipinski definition) is 3. The van der Waals surface area contributed by atoms with Crippen LogP contribution in [0.1, 0.15) is 22.3 Å². The smallest absolute Gasteiger partial charge is 0.0715 e. The Balaban J connectivity index is 0.913. The van der Waals surface area contributed by atoms with Crippen LogP contribution < -0.4 is 0 Å². The van der Waals surface area contributed by atoms with Gasteiger partial charge in [0.2, 0.25) is 0 Å². The summed E-state index contributed by atoms with van der Waals surface area (Å²) in [5.74, 6) is 0. The monoisotopic (exact) mass is 986 g/mol. The molecule has 0 spiro atoms. The molecule has 13 aromatic rings. The van der Waals surface area contributed by atoms with Crippen molar-refractivity contribution in [1.82, 2.24) is 19.5 Å². The largest absolute Gasteiger partial charge is 0.309 e. The number of pyridine rings is 3.